The number of nitrogens with one attached hydrogen (secondary N) is 3. The predicted molar refractivity (Wildman–Crippen MR) is 187 cm³/mol. The third kappa shape index (κ3) is 8.07. The lowest BCUT2D eigenvalue weighted by atomic mass is 10.2. The van der Waals surface area contributed by atoms with Crippen molar-refractivity contribution in [2.75, 3.05) is 33.9 Å². The number of H-pyrrole nitrogens is 1. The van der Waals surface area contributed by atoms with Crippen LogP contribution in [0.5, 0.6) is 5.75 Å². The third-order valence-corrected chi connectivity index (χ3v) is 8.78. The Morgan fingerprint density at radius 3 is 2.37 bits per heavy atom. The van der Waals surface area contributed by atoms with E-state index < -0.39 is 22.7 Å². The van der Waals surface area contributed by atoms with Crippen molar-refractivity contribution in [2.45, 2.75) is 25.0 Å². The maximum atomic E-state index is 14.1. The number of urea groups is 1. The van der Waals surface area contributed by atoms with Crippen molar-refractivity contribution in [3.63, 3.8) is 0 Å². The number of ether oxygens (including phenoxy) is 1. The zero-order valence-electron chi connectivity index (χ0n) is 27.4. The SMILES string of the molecule is CCn1nnc(-c2ccc(NC(=O)N(c3cccc(OC(F)F)c3)c3cc(NS(=O)(=O)c4cccc(-c5ncn[nH]5)c4)cc(N(C)C)c3)cc2)n1. The highest BCUT2D eigenvalue weighted by molar-refractivity contribution is 7.92. The molecule has 15 nitrogen and oxygen atoms in total. The summed E-state index contributed by atoms with van der Waals surface area (Å²) in [4.78, 5) is 22.5. The van der Waals surface area contributed by atoms with Crippen LogP contribution in [0.4, 0.5) is 42.0 Å². The molecule has 0 saturated heterocycles. The van der Waals surface area contributed by atoms with Gasteiger partial charge in [-0.25, -0.2) is 18.2 Å². The van der Waals surface area contributed by atoms with E-state index in [0.717, 1.165) is 0 Å². The molecule has 0 unspecified atom stereocenters. The molecule has 0 saturated carbocycles. The summed E-state index contributed by atoms with van der Waals surface area (Å²) in [6, 6.07) is 22.5. The second-order valence-electron chi connectivity index (χ2n) is 11.1. The molecule has 0 aliphatic rings. The van der Waals surface area contributed by atoms with Crippen LogP contribution < -0.4 is 24.6 Å². The molecule has 4 aromatic carbocycles. The fourth-order valence-corrected chi connectivity index (χ4v) is 6.05. The van der Waals surface area contributed by atoms with Gasteiger partial charge in [0.1, 0.15) is 12.1 Å². The van der Waals surface area contributed by atoms with Gasteiger partial charge in [-0.2, -0.15) is 18.7 Å². The first-order valence-electron chi connectivity index (χ1n) is 15.3. The Balaban J connectivity index is 1.37. The molecule has 0 aliphatic heterocycles. The van der Waals surface area contributed by atoms with Gasteiger partial charge in [0.05, 0.1) is 28.5 Å². The van der Waals surface area contributed by atoms with E-state index in [9.17, 15) is 22.0 Å². The molecule has 0 radical (unpaired) electrons. The molecule has 3 N–H and O–H groups in total. The fraction of sp³-hybridized carbons (Fsp3) is 0.152. The van der Waals surface area contributed by atoms with Gasteiger partial charge in [-0.15, -0.1) is 10.2 Å². The van der Waals surface area contributed by atoms with Gasteiger partial charge < -0.3 is 15.0 Å². The van der Waals surface area contributed by atoms with Crippen LogP contribution in [0, 0.1) is 0 Å². The van der Waals surface area contributed by atoms with Crippen molar-refractivity contribution in [3.8, 4) is 28.5 Å². The number of rotatable bonds is 12. The number of tetrazole rings is 1. The van der Waals surface area contributed by atoms with E-state index in [2.05, 4.69) is 45.4 Å². The number of carbonyl (C=O) groups excluding carboxylic acids is 1. The minimum absolute atomic E-state index is 0.0458. The average Bonchev–Trinajstić information content (AvgIpc) is 3.82. The predicted octanol–water partition coefficient (Wildman–Crippen LogP) is 5.98. The molecular formula is C33H31F2N11O4S. The van der Waals surface area contributed by atoms with E-state index >= 15 is 0 Å². The Kier molecular flexibility index (Phi) is 9.85. The lowest BCUT2D eigenvalue weighted by Gasteiger charge is -2.26. The van der Waals surface area contributed by atoms with E-state index in [4.69, 9.17) is 0 Å². The number of anilines is 5. The molecule has 262 valence electrons. The Labute approximate surface area is 290 Å². The van der Waals surface area contributed by atoms with Gasteiger partial charge in [0.2, 0.25) is 5.82 Å². The molecule has 51 heavy (non-hydrogen) atoms. The van der Waals surface area contributed by atoms with Crippen LogP contribution in [0.15, 0.2) is 102 Å². The second-order valence-corrected chi connectivity index (χ2v) is 12.8. The Hall–Kier alpha value is -6.43. The first kappa shape index (κ1) is 34.4. The summed E-state index contributed by atoms with van der Waals surface area (Å²) in [6.45, 7) is -0.664. The van der Waals surface area contributed by atoms with E-state index in [1.807, 2.05) is 6.92 Å². The summed E-state index contributed by atoms with van der Waals surface area (Å²) < 4.78 is 60.9. The van der Waals surface area contributed by atoms with Crippen molar-refractivity contribution in [1.82, 2.24) is 35.4 Å². The number of halogens is 2. The molecule has 6 aromatic rings. The number of hydrogen-bond donors (Lipinski definition) is 3. The molecule has 0 aliphatic carbocycles. The van der Waals surface area contributed by atoms with Gasteiger partial charge in [-0.05, 0) is 78.9 Å². The van der Waals surface area contributed by atoms with Crippen LogP contribution in [0.3, 0.4) is 0 Å². The number of amides is 2. The third-order valence-electron chi connectivity index (χ3n) is 7.40. The number of benzene rings is 4. The monoisotopic (exact) mass is 715 g/mol. The highest BCUT2D eigenvalue weighted by Crippen LogP contribution is 2.35. The number of aryl methyl sites for hydroxylation is 1. The number of carbonyl (C=O) groups is 1. The summed E-state index contributed by atoms with van der Waals surface area (Å²) in [5, 5.41) is 21.6. The molecule has 0 spiro atoms. The van der Waals surface area contributed by atoms with Crippen LogP contribution >= 0.6 is 0 Å². The first-order valence-corrected chi connectivity index (χ1v) is 16.8. The molecular weight excluding hydrogens is 684 g/mol. The van der Waals surface area contributed by atoms with Crippen LogP contribution in [0.2, 0.25) is 0 Å². The Morgan fingerprint density at radius 1 is 0.922 bits per heavy atom. The fourth-order valence-electron chi connectivity index (χ4n) is 4.97. The smallest absolute Gasteiger partial charge is 0.387 e. The highest BCUT2D eigenvalue weighted by Gasteiger charge is 2.23. The number of hydrogen-bond acceptors (Lipinski definition) is 10. The van der Waals surface area contributed by atoms with E-state index in [1.165, 1.54) is 58.5 Å². The number of sulfonamides is 1. The van der Waals surface area contributed by atoms with Crippen LogP contribution in [0.1, 0.15) is 6.92 Å². The molecule has 0 atom stereocenters. The van der Waals surface area contributed by atoms with Gasteiger partial charge >= 0.3 is 12.6 Å². The molecule has 6 rings (SSSR count). The van der Waals surface area contributed by atoms with Crippen molar-refractivity contribution >= 4 is 44.5 Å². The van der Waals surface area contributed by atoms with Gasteiger partial charge in [-0.1, -0.05) is 18.2 Å². The summed E-state index contributed by atoms with van der Waals surface area (Å²) in [5.41, 5.74) is 2.58. The summed E-state index contributed by atoms with van der Waals surface area (Å²) >= 11 is 0. The van der Waals surface area contributed by atoms with Crippen molar-refractivity contribution in [1.29, 1.82) is 0 Å². The van der Waals surface area contributed by atoms with Crippen LogP contribution in [0.25, 0.3) is 22.8 Å². The van der Waals surface area contributed by atoms with Gasteiger partial charge in [0, 0.05) is 42.7 Å². The number of alkyl halides is 2. The minimum atomic E-state index is -4.16. The summed E-state index contributed by atoms with van der Waals surface area (Å²) in [6.07, 6.45) is 1.31. The highest BCUT2D eigenvalue weighted by atomic mass is 32.2. The van der Waals surface area contributed by atoms with Crippen molar-refractivity contribution < 1.29 is 26.7 Å². The van der Waals surface area contributed by atoms with Crippen molar-refractivity contribution in [2.24, 2.45) is 0 Å². The topological polar surface area (TPSA) is 176 Å². The Bertz CT molecular complexity index is 2250. The van der Waals surface area contributed by atoms with E-state index in [-0.39, 0.29) is 27.7 Å². The average molecular weight is 716 g/mol. The quantitative estimate of drug-likeness (QED) is 0.137. The summed E-state index contributed by atoms with van der Waals surface area (Å²) in [7, 11) is -0.671. The number of nitrogens with zero attached hydrogens (tertiary/aromatic N) is 8. The van der Waals surface area contributed by atoms with Gasteiger partial charge in [-0.3, -0.25) is 14.7 Å². The molecule has 2 aromatic heterocycles. The van der Waals surface area contributed by atoms with E-state index in [0.29, 0.717) is 40.7 Å². The Morgan fingerprint density at radius 2 is 1.69 bits per heavy atom. The molecule has 2 amide bonds. The van der Waals surface area contributed by atoms with Gasteiger partial charge in [0.15, 0.2) is 5.82 Å². The van der Waals surface area contributed by atoms with Crippen LogP contribution in [-0.2, 0) is 16.6 Å². The number of aromatic nitrogens is 7. The molecule has 0 bridgehead atoms. The van der Waals surface area contributed by atoms with Gasteiger partial charge in [0.25, 0.3) is 10.0 Å². The molecule has 2 heterocycles. The van der Waals surface area contributed by atoms with Crippen molar-refractivity contribution in [3.05, 3.63) is 97.3 Å². The lowest BCUT2D eigenvalue weighted by molar-refractivity contribution is -0.0498. The largest absolute Gasteiger partial charge is 0.435 e. The first-order chi connectivity index (χ1) is 24.5. The summed E-state index contributed by atoms with van der Waals surface area (Å²) in [5.74, 6) is 0.611. The molecule has 18 heteroatoms. The number of aromatic amines is 1. The minimum Gasteiger partial charge on any atom is -0.435 e. The normalized spacial score (nSPS) is 11.3. The maximum Gasteiger partial charge on any atom is 0.387 e. The van der Waals surface area contributed by atoms with E-state index in [1.54, 1.807) is 67.5 Å². The zero-order chi connectivity index (χ0) is 36.1. The standard InChI is InChI=1S/C33H31F2N11O4S/c1-4-45-41-31(40-43-45)21-11-13-23(14-12-21)38-33(47)46(25-8-6-9-28(19-25)50-32(34)35)27-17-24(16-26(18-27)44(2)3)42-51(48,49)29-10-5-7-22(15-29)30-36-20-37-39-30/h5-20,32,42H,4H2,1-3H3,(H,38,47)(H,36,37,39). The second kappa shape index (κ2) is 14.6. The molecule has 0 fully saturated rings. The maximum absolute atomic E-state index is 14.1. The van der Waals surface area contributed by atoms with Crippen LogP contribution in [-0.4, -0.2) is 70.5 Å². The lowest BCUT2D eigenvalue weighted by Crippen LogP contribution is -2.31. The zero-order valence-corrected chi connectivity index (χ0v) is 28.2.